The van der Waals surface area contributed by atoms with Crippen molar-refractivity contribution in [1.82, 2.24) is 4.72 Å². The van der Waals surface area contributed by atoms with E-state index in [1.54, 1.807) is 49.6 Å². The molecule has 0 radical (unpaired) electrons. The molecular weight excluding hydrogens is 360 g/mol. The summed E-state index contributed by atoms with van der Waals surface area (Å²) in [7, 11) is -3.72. The van der Waals surface area contributed by atoms with Gasteiger partial charge in [-0.15, -0.1) is 11.3 Å². The molecule has 2 N–H and O–H groups in total. The number of nitrogens with one attached hydrogen (secondary N) is 2. The van der Waals surface area contributed by atoms with Crippen LogP contribution in [0.3, 0.4) is 0 Å². The van der Waals surface area contributed by atoms with Crippen molar-refractivity contribution in [3.8, 4) is 5.75 Å². The van der Waals surface area contributed by atoms with Gasteiger partial charge in [0.25, 0.3) is 10.0 Å². The molecule has 0 fully saturated rings. The van der Waals surface area contributed by atoms with Gasteiger partial charge in [-0.2, -0.15) is 4.72 Å². The first kappa shape index (κ1) is 19.4. The Morgan fingerprint density at radius 2 is 1.88 bits per heavy atom. The van der Waals surface area contributed by atoms with Gasteiger partial charge >= 0.3 is 0 Å². The van der Waals surface area contributed by atoms with Gasteiger partial charge in [0, 0.05) is 5.69 Å². The smallest absolute Gasteiger partial charge is 0.250 e. The summed E-state index contributed by atoms with van der Waals surface area (Å²) in [5, 5.41) is 4.42. The van der Waals surface area contributed by atoms with Gasteiger partial charge in [-0.25, -0.2) is 8.42 Å². The second-order valence-electron chi connectivity index (χ2n) is 5.72. The number of amides is 1. The van der Waals surface area contributed by atoms with Crippen molar-refractivity contribution in [2.75, 3.05) is 11.9 Å². The van der Waals surface area contributed by atoms with E-state index in [0.29, 0.717) is 18.0 Å². The standard InChI is InChI=1S/C17H22N2O4S2/c1-4-23-14-9-7-13(8-10-14)18-17(20)16(12(2)3)19-25(21,22)15-6-5-11-24-15/h5-12,16,19H,4H2,1-3H3,(H,18,20). The molecule has 1 heterocycles. The molecule has 0 saturated carbocycles. The van der Waals surface area contributed by atoms with Gasteiger partial charge in [0.05, 0.1) is 6.61 Å². The van der Waals surface area contributed by atoms with E-state index in [2.05, 4.69) is 10.0 Å². The van der Waals surface area contributed by atoms with Crippen LogP contribution < -0.4 is 14.8 Å². The van der Waals surface area contributed by atoms with Crippen molar-refractivity contribution < 1.29 is 17.9 Å². The maximum absolute atomic E-state index is 12.5. The van der Waals surface area contributed by atoms with Gasteiger partial charge in [-0.1, -0.05) is 19.9 Å². The van der Waals surface area contributed by atoms with Gasteiger partial charge in [0.1, 0.15) is 16.0 Å². The van der Waals surface area contributed by atoms with Crippen LogP contribution >= 0.6 is 11.3 Å². The highest BCUT2D eigenvalue weighted by atomic mass is 32.2. The molecule has 1 aromatic heterocycles. The minimum absolute atomic E-state index is 0.187. The van der Waals surface area contributed by atoms with Gasteiger partial charge in [0.15, 0.2) is 0 Å². The number of benzene rings is 1. The van der Waals surface area contributed by atoms with Crippen LogP contribution in [0.15, 0.2) is 46.0 Å². The Morgan fingerprint density at radius 1 is 1.20 bits per heavy atom. The largest absolute Gasteiger partial charge is 0.494 e. The quantitative estimate of drug-likeness (QED) is 0.735. The fourth-order valence-corrected chi connectivity index (χ4v) is 4.51. The molecule has 8 heteroatoms. The zero-order chi connectivity index (χ0) is 18.4. The normalized spacial score (nSPS) is 12.8. The lowest BCUT2D eigenvalue weighted by Gasteiger charge is -2.21. The Labute approximate surface area is 152 Å². The third-order valence-electron chi connectivity index (χ3n) is 3.42. The highest BCUT2D eigenvalue weighted by molar-refractivity contribution is 7.91. The monoisotopic (exact) mass is 382 g/mol. The number of carbonyl (C=O) groups is 1. The molecule has 0 spiro atoms. The molecule has 1 atom stereocenters. The molecule has 0 saturated heterocycles. The number of rotatable bonds is 8. The van der Waals surface area contributed by atoms with Gasteiger partial charge in [-0.05, 0) is 48.6 Å². The lowest BCUT2D eigenvalue weighted by molar-refractivity contribution is -0.118. The Morgan fingerprint density at radius 3 is 2.40 bits per heavy atom. The number of sulfonamides is 1. The maximum atomic E-state index is 12.5. The van der Waals surface area contributed by atoms with Crippen LogP contribution in [0.5, 0.6) is 5.75 Å². The Bertz CT molecular complexity index is 785. The van der Waals surface area contributed by atoms with Gasteiger partial charge in [-0.3, -0.25) is 4.79 Å². The number of carbonyl (C=O) groups excluding carboxylic acids is 1. The fourth-order valence-electron chi connectivity index (χ4n) is 2.16. The minimum atomic E-state index is -3.72. The van der Waals surface area contributed by atoms with Crippen molar-refractivity contribution >= 4 is 33.0 Å². The molecule has 2 rings (SSSR count). The first-order valence-corrected chi connectivity index (χ1v) is 10.3. The minimum Gasteiger partial charge on any atom is -0.494 e. The lowest BCUT2D eigenvalue weighted by Crippen LogP contribution is -2.46. The molecule has 1 amide bonds. The number of hydrogen-bond donors (Lipinski definition) is 2. The van der Waals surface area contributed by atoms with E-state index in [4.69, 9.17) is 4.74 Å². The molecule has 2 aromatic rings. The first-order valence-electron chi connectivity index (χ1n) is 7.93. The fraction of sp³-hybridized carbons (Fsp3) is 0.353. The van der Waals surface area contributed by atoms with Gasteiger partial charge < -0.3 is 10.1 Å². The first-order chi connectivity index (χ1) is 11.8. The van der Waals surface area contributed by atoms with Crippen molar-refractivity contribution in [3.63, 3.8) is 0 Å². The summed E-state index contributed by atoms with van der Waals surface area (Å²) in [5.74, 6) is 0.0935. The lowest BCUT2D eigenvalue weighted by atomic mass is 10.0. The molecule has 136 valence electrons. The third kappa shape index (κ3) is 5.29. The summed E-state index contributed by atoms with van der Waals surface area (Å²) in [4.78, 5) is 12.5. The third-order valence-corrected chi connectivity index (χ3v) is 6.26. The van der Waals surface area contributed by atoms with E-state index in [9.17, 15) is 13.2 Å². The SMILES string of the molecule is CCOc1ccc(NC(=O)C(NS(=O)(=O)c2cccs2)C(C)C)cc1. The maximum Gasteiger partial charge on any atom is 0.250 e. The molecule has 0 aliphatic rings. The van der Waals surface area contributed by atoms with Crippen LogP contribution in [0.2, 0.25) is 0 Å². The summed E-state index contributed by atoms with van der Waals surface area (Å²) in [6.45, 7) is 6.03. The van der Waals surface area contributed by atoms with E-state index < -0.39 is 22.0 Å². The van der Waals surface area contributed by atoms with Gasteiger partial charge in [0.2, 0.25) is 5.91 Å². The molecule has 0 bridgehead atoms. The zero-order valence-corrected chi connectivity index (χ0v) is 16.0. The Balaban J connectivity index is 2.10. The van der Waals surface area contributed by atoms with E-state index in [1.807, 2.05) is 6.92 Å². The molecule has 0 aliphatic heterocycles. The van der Waals surface area contributed by atoms with Crippen LogP contribution in [0, 0.1) is 5.92 Å². The Hall–Kier alpha value is -1.90. The van der Waals surface area contributed by atoms with Crippen molar-refractivity contribution in [1.29, 1.82) is 0 Å². The summed E-state index contributed by atoms with van der Waals surface area (Å²) >= 11 is 1.11. The second-order valence-corrected chi connectivity index (χ2v) is 8.61. The van der Waals surface area contributed by atoms with Crippen LogP contribution in [-0.4, -0.2) is 27.0 Å². The summed E-state index contributed by atoms with van der Waals surface area (Å²) in [5.41, 5.74) is 0.578. The second kappa shape index (κ2) is 8.46. The average molecular weight is 383 g/mol. The van der Waals surface area contributed by atoms with E-state index in [-0.39, 0.29) is 10.1 Å². The van der Waals surface area contributed by atoms with Crippen LogP contribution in [0.1, 0.15) is 20.8 Å². The summed E-state index contributed by atoms with van der Waals surface area (Å²) in [6, 6.07) is 9.22. The summed E-state index contributed by atoms with van der Waals surface area (Å²) < 4.78 is 32.8. The average Bonchev–Trinajstić information content (AvgIpc) is 3.10. The number of hydrogen-bond acceptors (Lipinski definition) is 5. The molecular formula is C17H22N2O4S2. The predicted molar refractivity (Wildman–Crippen MR) is 99.5 cm³/mol. The topological polar surface area (TPSA) is 84.5 Å². The number of ether oxygens (including phenoxy) is 1. The molecule has 1 unspecified atom stereocenters. The van der Waals surface area contributed by atoms with E-state index >= 15 is 0 Å². The highest BCUT2D eigenvalue weighted by Gasteiger charge is 2.28. The van der Waals surface area contributed by atoms with Crippen LogP contribution in [0.4, 0.5) is 5.69 Å². The predicted octanol–water partition coefficient (Wildman–Crippen LogP) is 3.09. The molecule has 0 aliphatic carbocycles. The van der Waals surface area contributed by atoms with Crippen molar-refractivity contribution in [3.05, 3.63) is 41.8 Å². The molecule has 6 nitrogen and oxygen atoms in total. The Kier molecular flexibility index (Phi) is 6.57. The summed E-state index contributed by atoms with van der Waals surface area (Å²) in [6.07, 6.45) is 0. The zero-order valence-electron chi connectivity index (χ0n) is 14.4. The van der Waals surface area contributed by atoms with E-state index in [1.165, 1.54) is 6.07 Å². The van der Waals surface area contributed by atoms with Crippen LogP contribution in [0.25, 0.3) is 0 Å². The van der Waals surface area contributed by atoms with E-state index in [0.717, 1.165) is 11.3 Å². The van der Waals surface area contributed by atoms with Crippen molar-refractivity contribution in [2.24, 2.45) is 5.92 Å². The number of thiophene rings is 1. The number of anilines is 1. The van der Waals surface area contributed by atoms with Crippen molar-refractivity contribution in [2.45, 2.75) is 31.0 Å². The molecule has 25 heavy (non-hydrogen) atoms. The molecule has 1 aromatic carbocycles. The van der Waals surface area contributed by atoms with Crippen LogP contribution in [-0.2, 0) is 14.8 Å². The highest BCUT2D eigenvalue weighted by Crippen LogP contribution is 2.19.